The van der Waals surface area contributed by atoms with Gasteiger partial charge in [-0.3, -0.25) is 0 Å². The molecule has 0 bridgehead atoms. The summed E-state index contributed by atoms with van der Waals surface area (Å²) in [4.78, 5) is 0. The van der Waals surface area contributed by atoms with Crippen LogP contribution in [0.3, 0.4) is 0 Å². The summed E-state index contributed by atoms with van der Waals surface area (Å²) in [6, 6.07) is 2.44. The molecule has 0 N–H and O–H groups in total. The summed E-state index contributed by atoms with van der Waals surface area (Å²) in [5.41, 5.74) is 0. The number of hydrogen-bond acceptors (Lipinski definition) is 1. The van der Waals surface area contributed by atoms with Crippen molar-refractivity contribution in [1.29, 1.82) is 5.26 Å². The Bertz CT molecular complexity index is 168. The average molecular weight is 135 g/mol. The van der Waals surface area contributed by atoms with E-state index in [-0.39, 0.29) is 0 Å². The van der Waals surface area contributed by atoms with E-state index in [1.54, 1.807) is 0 Å². The van der Waals surface area contributed by atoms with Gasteiger partial charge in [-0.15, -0.1) is 0 Å². The lowest BCUT2D eigenvalue weighted by Crippen LogP contribution is -2.06. The second-order valence-electron chi connectivity index (χ2n) is 3.67. The Labute approximate surface area is 62.0 Å². The Morgan fingerprint density at radius 1 is 1.10 bits per heavy atom. The van der Waals surface area contributed by atoms with Gasteiger partial charge in [0.05, 0.1) is 6.07 Å². The van der Waals surface area contributed by atoms with Gasteiger partial charge in [0, 0.05) is 5.92 Å². The summed E-state index contributed by atoms with van der Waals surface area (Å²) in [6.45, 7) is 0. The lowest BCUT2D eigenvalue weighted by Gasteiger charge is -2.09. The first-order valence-electron chi connectivity index (χ1n) is 4.31. The standard InChI is InChI=1S/C9H13N/c10-6-8-5-4-7-2-1-3-9(7)8/h7-9H,1-5H2. The maximum Gasteiger partial charge on any atom is 0.0658 e. The molecule has 0 aromatic heterocycles. The van der Waals surface area contributed by atoms with Gasteiger partial charge in [0.1, 0.15) is 0 Å². The molecule has 0 radical (unpaired) electrons. The van der Waals surface area contributed by atoms with Crippen LogP contribution < -0.4 is 0 Å². The zero-order valence-corrected chi connectivity index (χ0v) is 6.21. The number of nitrogens with zero attached hydrogens (tertiary/aromatic N) is 1. The fourth-order valence-electron chi connectivity index (χ4n) is 2.72. The Kier molecular flexibility index (Phi) is 1.41. The highest BCUT2D eigenvalue weighted by atomic mass is 14.4. The maximum absolute atomic E-state index is 8.76. The van der Waals surface area contributed by atoms with Gasteiger partial charge in [0.25, 0.3) is 0 Å². The molecule has 0 saturated heterocycles. The minimum absolute atomic E-state index is 0.424. The molecule has 0 aromatic carbocycles. The second kappa shape index (κ2) is 2.27. The highest BCUT2D eigenvalue weighted by Gasteiger charge is 2.38. The van der Waals surface area contributed by atoms with E-state index in [0.717, 1.165) is 11.8 Å². The third kappa shape index (κ3) is 0.751. The molecule has 2 aliphatic carbocycles. The zero-order chi connectivity index (χ0) is 6.97. The normalized spacial score (nSPS) is 44.9. The van der Waals surface area contributed by atoms with Crippen molar-refractivity contribution in [2.45, 2.75) is 32.1 Å². The van der Waals surface area contributed by atoms with E-state index in [0.29, 0.717) is 5.92 Å². The molecule has 1 nitrogen and oxygen atoms in total. The molecule has 1 heteroatoms. The number of nitriles is 1. The second-order valence-corrected chi connectivity index (χ2v) is 3.67. The average Bonchev–Trinajstić information content (AvgIpc) is 2.44. The van der Waals surface area contributed by atoms with Crippen LogP contribution in [0.15, 0.2) is 0 Å². The highest BCUT2D eigenvalue weighted by Crippen LogP contribution is 2.46. The number of rotatable bonds is 0. The SMILES string of the molecule is N#CC1CCC2CCCC12. The summed E-state index contributed by atoms with van der Waals surface area (Å²) < 4.78 is 0. The van der Waals surface area contributed by atoms with Crippen molar-refractivity contribution in [1.82, 2.24) is 0 Å². The molecule has 54 valence electrons. The zero-order valence-electron chi connectivity index (χ0n) is 6.21. The first kappa shape index (κ1) is 6.22. The van der Waals surface area contributed by atoms with Gasteiger partial charge in [-0.2, -0.15) is 5.26 Å². The quantitative estimate of drug-likeness (QED) is 0.500. The van der Waals surface area contributed by atoms with Crippen molar-refractivity contribution in [3.8, 4) is 6.07 Å². The smallest absolute Gasteiger partial charge is 0.0658 e. The summed E-state index contributed by atoms with van der Waals surface area (Å²) in [5, 5.41) is 8.76. The molecule has 0 amide bonds. The molecule has 0 heterocycles. The van der Waals surface area contributed by atoms with E-state index in [4.69, 9.17) is 5.26 Å². The topological polar surface area (TPSA) is 23.8 Å². The predicted molar refractivity (Wildman–Crippen MR) is 39.2 cm³/mol. The van der Waals surface area contributed by atoms with E-state index in [1.165, 1.54) is 32.1 Å². The van der Waals surface area contributed by atoms with Gasteiger partial charge in [-0.05, 0) is 31.1 Å². The van der Waals surface area contributed by atoms with Crippen LogP contribution in [-0.2, 0) is 0 Å². The largest absolute Gasteiger partial charge is 0.198 e. The summed E-state index contributed by atoms with van der Waals surface area (Å²) >= 11 is 0. The molecule has 3 unspecified atom stereocenters. The van der Waals surface area contributed by atoms with E-state index in [1.807, 2.05) is 0 Å². The fourth-order valence-corrected chi connectivity index (χ4v) is 2.72. The molecule has 0 aliphatic heterocycles. The van der Waals surface area contributed by atoms with E-state index in [2.05, 4.69) is 6.07 Å². The first-order chi connectivity index (χ1) is 4.92. The lowest BCUT2D eigenvalue weighted by atomic mass is 9.93. The molecule has 0 aromatic rings. The Morgan fingerprint density at radius 2 is 2.00 bits per heavy atom. The predicted octanol–water partition coefficient (Wildman–Crippen LogP) is 2.34. The summed E-state index contributed by atoms with van der Waals surface area (Å²) in [7, 11) is 0. The van der Waals surface area contributed by atoms with Crippen molar-refractivity contribution in [3.63, 3.8) is 0 Å². The van der Waals surface area contributed by atoms with Gasteiger partial charge in [0.15, 0.2) is 0 Å². The first-order valence-corrected chi connectivity index (χ1v) is 4.31. The van der Waals surface area contributed by atoms with E-state index < -0.39 is 0 Å². The van der Waals surface area contributed by atoms with Gasteiger partial charge in [-0.1, -0.05) is 12.8 Å². The van der Waals surface area contributed by atoms with Gasteiger partial charge in [0.2, 0.25) is 0 Å². The minimum atomic E-state index is 0.424. The Morgan fingerprint density at radius 3 is 2.80 bits per heavy atom. The summed E-state index contributed by atoms with van der Waals surface area (Å²) in [6.07, 6.45) is 6.65. The van der Waals surface area contributed by atoms with Crippen molar-refractivity contribution in [2.75, 3.05) is 0 Å². The number of fused-ring (bicyclic) bond motifs is 1. The third-order valence-electron chi connectivity index (χ3n) is 3.25. The Hall–Kier alpha value is -0.510. The molecule has 3 atom stereocenters. The van der Waals surface area contributed by atoms with E-state index >= 15 is 0 Å². The molecule has 0 spiro atoms. The van der Waals surface area contributed by atoms with Gasteiger partial charge >= 0.3 is 0 Å². The van der Waals surface area contributed by atoms with Crippen molar-refractivity contribution in [3.05, 3.63) is 0 Å². The maximum atomic E-state index is 8.76. The molecule has 2 rings (SSSR count). The van der Waals surface area contributed by atoms with Crippen LogP contribution in [0, 0.1) is 29.1 Å². The Balaban J connectivity index is 2.10. The number of hydrogen-bond donors (Lipinski definition) is 0. The van der Waals surface area contributed by atoms with E-state index in [9.17, 15) is 0 Å². The van der Waals surface area contributed by atoms with Crippen molar-refractivity contribution in [2.24, 2.45) is 17.8 Å². The van der Waals surface area contributed by atoms with Crippen LogP contribution in [0.5, 0.6) is 0 Å². The van der Waals surface area contributed by atoms with Crippen LogP contribution in [0.2, 0.25) is 0 Å². The summed E-state index contributed by atoms with van der Waals surface area (Å²) in [5.74, 6) is 2.15. The van der Waals surface area contributed by atoms with Crippen molar-refractivity contribution >= 4 is 0 Å². The van der Waals surface area contributed by atoms with Crippen LogP contribution >= 0.6 is 0 Å². The van der Waals surface area contributed by atoms with Crippen LogP contribution in [-0.4, -0.2) is 0 Å². The molecular weight excluding hydrogens is 122 g/mol. The molecular formula is C9H13N. The van der Waals surface area contributed by atoms with Crippen LogP contribution in [0.1, 0.15) is 32.1 Å². The monoisotopic (exact) mass is 135 g/mol. The highest BCUT2D eigenvalue weighted by molar-refractivity contribution is 4.98. The van der Waals surface area contributed by atoms with Gasteiger partial charge < -0.3 is 0 Å². The minimum Gasteiger partial charge on any atom is -0.198 e. The lowest BCUT2D eigenvalue weighted by molar-refractivity contribution is 0.410. The van der Waals surface area contributed by atoms with Crippen molar-refractivity contribution < 1.29 is 0 Å². The van der Waals surface area contributed by atoms with Gasteiger partial charge in [-0.25, -0.2) is 0 Å². The van der Waals surface area contributed by atoms with Crippen LogP contribution in [0.4, 0.5) is 0 Å². The fraction of sp³-hybridized carbons (Fsp3) is 0.889. The van der Waals surface area contributed by atoms with Crippen LogP contribution in [0.25, 0.3) is 0 Å². The molecule has 2 aliphatic rings. The third-order valence-corrected chi connectivity index (χ3v) is 3.25. The molecule has 2 saturated carbocycles. The molecule has 2 fully saturated rings. The molecule has 10 heavy (non-hydrogen) atoms.